The van der Waals surface area contributed by atoms with Crippen LogP contribution in [0.2, 0.25) is 0 Å². The average molecular weight is 470 g/mol. The molecule has 4 heterocycles. The lowest BCUT2D eigenvalue weighted by molar-refractivity contribution is 0.0708. The topological polar surface area (TPSA) is 78.3 Å². The Labute approximate surface area is 204 Å². The first kappa shape index (κ1) is 21.0. The van der Waals surface area contributed by atoms with Crippen LogP contribution >= 0.6 is 0 Å². The summed E-state index contributed by atoms with van der Waals surface area (Å²) in [5.74, 6) is 2.46. The molecule has 7 heteroatoms. The normalized spacial score (nSPS) is 20.3. The van der Waals surface area contributed by atoms with Crippen LogP contribution in [-0.2, 0) is 13.1 Å². The second kappa shape index (κ2) is 8.12. The number of nitrogens with two attached hydrogens (primary N) is 1. The Kier molecular flexibility index (Phi) is 4.87. The molecule has 7 rings (SSSR count). The van der Waals surface area contributed by atoms with E-state index in [1.165, 1.54) is 30.2 Å². The minimum Gasteiger partial charge on any atom is -0.489 e. The molecule has 0 bridgehead atoms. The molecule has 3 aliphatic rings. The van der Waals surface area contributed by atoms with Crippen molar-refractivity contribution in [1.82, 2.24) is 19.0 Å². The summed E-state index contributed by atoms with van der Waals surface area (Å²) in [5.41, 5.74) is 11.0. The van der Waals surface area contributed by atoms with E-state index in [9.17, 15) is 4.79 Å². The Morgan fingerprint density at radius 1 is 1.09 bits per heavy atom. The lowest BCUT2D eigenvalue weighted by Crippen LogP contribution is -2.45. The maximum Gasteiger partial charge on any atom is 0.254 e. The lowest BCUT2D eigenvalue weighted by atomic mass is 9.85. The number of imidazole rings is 1. The van der Waals surface area contributed by atoms with Gasteiger partial charge in [-0.3, -0.25) is 4.79 Å². The number of piperidine rings is 1. The standard InChI is InChI=1S/C28H31N5O2/c29-21-8-4-10-31(17-21)28(34)20-13-22-26-25(15-20)35-12-11-32(26)27(30-22)24-14-19-7-1-2-9-23(19)33(24)16-18-5-3-6-18/h1-2,7,9,13-15,18,21H,3-6,8,10-12,16-17,29H2. The van der Waals surface area contributed by atoms with E-state index in [4.69, 9.17) is 15.5 Å². The van der Waals surface area contributed by atoms with Crippen molar-refractivity contribution in [1.29, 1.82) is 0 Å². The zero-order valence-corrected chi connectivity index (χ0v) is 19.9. The molecule has 1 atom stereocenters. The van der Waals surface area contributed by atoms with E-state index in [2.05, 4.69) is 39.5 Å². The molecule has 2 N–H and O–H groups in total. The number of hydrogen-bond acceptors (Lipinski definition) is 4. The zero-order valence-electron chi connectivity index (χ0n) is 19.9. The van der Waals surface area contributed by atoms with Crippen LogP contribution < -0.4 is 10.5 Å². The molecular formula is C28H31N5O2. The van der Waals surface area contributed by atoms with Crippen LogP contribution in [0.5, 0.6) is 5.75 Å². The van der Waals surface area contributed by atoms with E-state index in [1.54, 1.807) is 0 Å². The molecule has 7 nitrogen and oxygen atoms in total. The molecule has 2 aromatic heterocycles. The Hall–Kier alpha value is -3.32. The number of para-hydroxylation sites is 1. The van der Waals surface area contributed by atoms with Gasteiger partial charge in [0.1, 0.15) is 17.9 Å². The van der Waals surface area contributed by atoms with Gasteiger partial charge in [-0.15, -0.1) is 0 Å². The number of aromatic nitrogens is 3. The first-order valence-electron chi connectivity index (χ1n) is 13.0. The highest BCUT2D eigenvalue weighted by Crippen LogP contribution is 2.38. The molecule has 1 unspecified atom stereocenters. The molecule has 2 aliphatic heterocycles. The van der Waals surface area contributed by atoms with Crippen molar-refractivity contribution in [2.75, 3.05) is 19.7 Å². The highest BCUT2D eigenvalue weighted by atomic mass is 16.5. The van der Waals surface area contributed by atoms with Crippen molar-refractivity contribution in [2.45, 2.75) is 51.2 Å². The molecule has 180 valence electrons. The Morgan fingerprint density at radius 2 is 1.97 bits per heavy atom. The van der Waals surface area contributed by atoms with Crippen LogP contribution in [0.1, 0.15) is 42.5 Å². The third-order valence-corrected chi connectivity index (χ3v) is 8.08. The summed E-state index contributed by atoms with van der Waals surface area (Å²) in [6.45, 7) is 3.70. The molecular weight excluding hydrogens is 438 g/mol. The number of hydrogen-bond donors (Lipinski definition) is 1. The second-order valence-electron chi connectivity index (χ2n) is 10.4. The number of benzene rings is 2. The van der Waals surface area contributed by atoms with E-state index >= 15 is 0 Å². The molecule has 1 aliphatic carbocycles. The fraction of sp³-hybridized carbons (Fsp3) is 0.429. The fourth-order valence-electron chi connectivity index (χ4n) is 6.03. The quantitative estimate of drug-likeness (QED) is 0.480. The van der Waals surface area contributed by atoms with Gasteiger partial charge in [-0.1, -0.05) is 24.6 Å². The molecule has 1 saturated heterocycles. The van der Waals surface area contributed by atoms with Crippen LogP contribution in [-0.4, -0.2) is 50.7 Å². The van der Waals surface area contributed by atoms with Gasteiger partial charge in [0, 0.05) is 42.1 Å². The van der Waals surface area contributed by atoms with Crippen molar-refractivity contribution in [3.8, 4) is 17.3 Å². The van der Waals surface area contributed by atoms with Crippen LogP contribution in [0.15, 0.2) is 42.5 Å². The third kappa shape index (κ3) is 3.44. The summed E-state index contributed by atoms with van der Waals surface area (Å²) in [5, 5.41) is 1.24. The van der Waals surface area contributed by atoms with E-state index < -0.39 is 0 Å². The van der Waals surface area contributed by atoms with Gasteiger partial charge in [0.15, 0.2) is 5.82 Å². The minimum absolute atomic E-state index is 0.0164. The first-order valence-corrected chi connectivity index (χ1v) is 13.0. The lowest BCUT2D eigenvalue weighted by Gasteiger charge is -2.31. The first-order chi connectivity index (χ1) is 17.2. The number of carbonyl (C=O) groups is 1. The number of amides is 1. The summed E-state index contributed by atoms with van der Waals surface area (Å²) in [6.07, 6.45) is 5.84. The number of nitrogens with zero attached hydrogens (tertiary/aromatic N) is 4. The van der Waals surface area contributed by atoms with Crippen LogP contribution in [0.25, 0.3) is 33.5 Å². The Bertz CT molecular complexity index is 1450. The van der Waals surface area contributed by atoms with E-state index in [0.717, 1.165) is 66.7 Å². The monoisotopic (exact) mass is 469 g/mol. The summed E-state index contributed by atoms with van der Waals surface area (Å²) >= 11 is 0. The summed E-state index contributed by atoms with van der Waals surface area (Å²) in [7, 11) is 0. The molecule has 1 amide bonds. The number of rotatable bonds is 4. The zero-order chi connectivity index (χ0) is 23.5. The van der Waals surface area contributed by atoms with E-state index in [-0.39, 0.29) is 11.9 Å². The molecule has 4 aromatic rings. The van der Waals surface area contributed by atoms with E-state index in [1.807, 2.05) is 17.0 Å². The third-order valence-electron chi connectivity index (χ3n) is 8.08. The van der Waals surface area contributed by atoms with Gasteiger partial charge in [-0.25, -0.2) is 4.98 Å². The molecule has 1 saturated carbocycles. The summed E-state index contributed by atoms with van der Waals surface area (Å²) in [6, 6.07) is 14.8. The maximum atomic E-state index is 13.3. The van der Waals surface area contributed by atoms with Gasteiger partial charge < -0.3 is 24.5 Å². The smallest absolute Gasteiger partial charge is 0.254 e. The van der Waals surface area contributed by atoms with Crippen molar-refractivity contribution in [2.24, 2.45) is 11.7 Å². The number of ether oxygens (including phenoxy) is 1. The summed E-state index contributed by atoms with van der Waals surface area (Å²) in [4.78, 5) is 20.4. The van der Waals surface area contributed by atoms with Crippen LogP contribution in [0.3, 0.4) is 0 Å². The Morgan fingerprint density at radius 3 is 2.80 bits per heavy atom. The van der Waals surface area contributed by atoms with Crippen LogP contribution in [0.4, 0.5) is 0 Å². The number of carbonyl (C=O) groups excluding carboxylic acids is 1. The largest absolute Gasteiger partial charge is 0.489 e. The number of fused-ring (bicyclic) bond motifs is 1. The van der Waals surface area contributed by atoms with Crippen LogP contribution in [0, 0.1) is 5.92 Å². The predicted octanol–water partition coefficient (Wildman–Crippen LogP) is 4.41. The number of likely N-dealkylation sites (tertiary alicyclic amines) is 1. The Balaban J connectivity index is 1.35. The van der Waals surface area contributed by atoms with Gasteiger partial charge >= 0.3 is 0 Å². The highest BCUT2D eigenvalue weighted by molar-refractivity contribution is 6.00. The summed E-state index contributed by atoms with van der Waals surface area (Å²) < 4.78 is 10.8. The van der Waals surface area contributed by atoms with E-state index in [0.29, 0.717) is 18.7 Å². The van der Waals surface area contributed by atoms with Gasteiger partial charge in [0.2, 0.25) is 0 Å². The average Bonchev–Trinajstić information content (AvgIpc) is 3.40. The van der Waals surface area contributed by atoms with Gasteiger partial charge in [-0.2, -0.15) is 0 Å². The SMILES string of the molecule is NC1CCCN(C(=O)c2cc3c4c(c2)nc(-c2cc5ccccc5n2CC2CCC2)n4CCO3)C1. The van der Waals surface area contributed by atoms with Gasteiger partial charge in [0.25, 0.3) is 5.91 Å². The minimum atomic E-state index is 0.0164. The maximum absolute atomic E-state index is 13.3. The highest BCUT2D eigenvalue weighted by Gasteiger charge is 2.28. The molecule has 35 heavy (non-hydrogen) atoms. The van der Waals surface area contributed by atoms with Gasteiger partial charge in [0.05, 0.1) is 17.8 Å². The fourth-order valence-corrected chi connectivity index (χ4v) is 6.03. The van der Waals surface area contributed by atoms with Crippen molar-refractivity contribution >= 4 is 27.8 Å². The predicted molar refractivity (Wildman–Crippen MR) is 137 cm³/mol. The second-order valence-corrected chi connectivity index (χ2v) is 10.4. The van der Waals surface area contributed by atoms with Gasteiger partial charge in [-0.05, 0) is 55.9 Å². The van der Waals surface area contributed by atoms with Crippen molar-refractivity contribution in [3.63, 3.8) is 0 Å². The molecule has 0 spiro atoms. The van der Waals surface area contributed by atoms with Crippen molar-refractivity contribution in [3.05, 3.63) is 48.0 Å². The van der Waals surface area contributed by atoms with Crippen molar-refractivity contribution < 1.29 is 9.53 Å². The molecule has 0 radical (unpaired) electrons. The molecule has 2 aromatic carbocycles. The molecule has 2 fully saturated rings.